The molecule has 0 aliphatic carbocycles. The number of hydrogen-bond donors (Lipinski definition) is 2. The van der Waals surface area contributed by atoms with Crippen LogP contribution in [-0.4, -0.2) is 23.3 Å². The van der Waals surface area contributed by atoms with Crippen LogP contribution in [0.25, 0.3) is 0 Å². The summed E-state index contributed by atoms with van der Waals surface area (Å²) in [4.78, 5) is 10.2. The summed E-state index contributed by atoms with van der Waals surface area (Å²) < 4.78 is 4.90. The zero-order valence-electron chi connectivity index (χ0n) is 7.44. The lowest BCUT2D eigenvalue weighted by atomic mass is 10.2. The summed E-state index contributed by atoms with van der Waals surface area (Å²) >= 11 is 0. The van der Waals surface area contributed by atoms with Gasteiger partial charge in [0.15, 0.2) is 0 Å². The van der Waals surface area contributed by atoms with Crippen molar-refractivity contribution in [1.29, 1.82) is 0 Å². The number of aliphatic carboxylic acids is 1. The Morgan fingerprint density at radius 1 is 1.50 bits per heavy atom. The van der Waals surface area contributed by atoms with Crippen molar-refractivity contribution in [2.24, 2.45) is 0 Å². The second kappa shape index (κ2) is 4.19. The fourth-order valence-electron chi connectivity index (χ4n) is 0.904. The Kier molecular flexibility index (Phi) is 2.97. The van der Waals surface area contributed by atoms with Crippen LogP contribution in [0, 0.1) is 11.8 Å². The van der Waals surface area contributed by atoms with E-state index >= 15 is 0 Å². The molecule has 0 saturated carbocycles. The standard InChI is InChI=1S/C10H8O4/c1-14-9-6-8(11)4-2-7(9)3-5-10(12)13/h2,4,6,11H,1H3,(H,12,13). The molecule has 1 rings (SSSR count). The summed E-state index contributed by atoms with van der Waals surface area (Å²) in [6, 6.07) is 4.27. The zero-order chi connectivity index (χ0) is 10.6. The molecule has 0 spiro atoms. The minimum Gasteiger partial charge on any atom is -0.508 e. The van der Waals surface area contributed by atoms with Crippen molar-refractivity contribution >= 4 is 5.97 Å². The molecule has 0 bridgehead atoms. The van der Waals surface area contributed by atoms with E-state index in [2.05, 4.69) is 5.92 Å². The topological polar surface area (TPSA) is 66.8 Å². The fourth-order valence-corrected chi connectivity index (χ4v) is 0.904. The molecule has 4 heteroatoms. The number of hydrogen-bond acceptors (Lipinski definition) is 3. The van der Waals surface area contributed by atoms with Crippen molar-refractivity contribution in [2.75, 3.05) is 7.11 Å². The van der Waals surface area contributed by atoms with Crippen LogP contribution in [0.2, 0.25) is 0 Å². The minimum atomic E-state index is -1.21. The molecule has 0 fully saturated rings. The zero-order valence-corrected chi connectivity index (χ0v) is 7.44. The predicted molar refractivity (Wildman–Crippen MR) is 49.2 cm³/mol. The van der Waals surface area contributed by atoms with Gasteiger partial charge >= 0.3 is 5.97 Å². The maximum Gasteiger partial charge on any atom is 0.382 e. The number of ether oxygens (including phenoxy) is 1. The number of carboxylic acid groups (broad SMARTS) is 1. The Balaban J connectivity index is 3.10. The van der Waals surface area contributed by atoms with Gasteiger partial charge in [-0.25, -0.2) is 4.79 Å². The largest absolute Gasteiger partial charge is 0.508 e. The lowest BCUT2D eigenvalue weighted by Gasteiger charge is -2.02. The molecule has 0 aliphatic rings. The molecule has 0 aromatic heterocycles. The summed E-state index contributed by atoms with van der Waals surface area (Å²) in [5.41, 5.74) is 0.424. The van der Waals surface area contributed by atoms with Crippen LogP contribution in [0.5, 0.6) is 11.5 Å². The molecular formula is C10H8O4. The monoisotopic (exact) mass is 192 g/mol. The first kappa shape index (κ1) is 9.93. The Hall–Kier alpha value is -2.15. The van der Waals surface area contributed by atoms with E-state index in [4.69, 9.17) is 14.9 Å². The van der Waals surface area contributed by atoms with Crippen molar-refractivity contribution in [1.82, 2.24) is 0 Å². The highest BCUT2D eigenvalue weighted by molar-refractivity contribution is 5.87. The smallest absolute Gasteiger partial charge is 0.382 e. The van der Waals surface area contributed by atoms with Gasteiger partial charge in [-0.3, -0.25) is 0 Å². The molecule has 0 atom stereocenters. The van der Waals surface area contributed by atoms with E-state index in [1.807, 2.05) is 5.92 Å². The van der Waals surface area contributed by atoms with Crippen LogP contribution >= 0.6 is 0 Å². The summed E-state index contributed by atoms with van der Waals surface area (Å²) in [6.45, 7) is 0. The maximum atomic E-state index is 10.2. The van der Waals surface area contributed by atoms with Crippen LogP contribution in [0.1, 0.15) is 5.56 Å². The van der Waals surface area contributed by atoms with Crippen LogP contribution in [-0.2, 0) is 4.79 Å². The first-order chi connectivity index (χ1) is 6.63. The highest BCUT2D eigenvalue weighted by Crippen LogP contribution is 2.22. The average molecular weight is 192 g/mol. The Morgan fingerprint density at radius 3 is 2.79 bits per heavy atom. The van der Waals surface area contributed by atoms with Gasteiger partial charge in [0.05, 0.1) is 12.7 Å². The fraction of sp³-hybridized carbons (Fsp3) is 0.100. The second-order valence-electron chi connectivity index (χ2n) is 2.44. The molecule has 0 unspecified atom stereocenters. The van der Waals surface area contributed by atoms with Gasteiger partial charge < -0.3 is 14.9 Å². The predicted octanol–water partition coefficient (Wildman–Crippen LogP) is 0.837. The number of phenolic OH excluding ortho intramolecular Hbond substituents is 1. The van der Waals surface area contributed by atoms with E-state index in [1.54, 1.807) is 0 Å². The van der Waals surface area contributed by atoms with Crippen molar-refractivity contribution < 1.29 is 19.7 Å². The minimum absolute atomic E-state index is 0.0442. The van der Waals surface area contributed by atoms with E-state index in [1.165, 1.54) is 25.3 Å². The van der Waals surface area contributed by atoms with Gasteiger partial charge in [0.2, 0.25) is 0 Å². The van der Waals surface area contributed by atoms with E-state index in [-0.39, 0.29) is 5.75 Å². The highest BCUT2D eigenvalue weighted by Gasteiger charge is 2.00. The molecule has 0 heterocycles. The Labute approximate surface area is 80.8 Å². The van der Waals surface area contributed by atoms with Crippen LogP contribution < -0.4 is 4.74 Å². The molecule has 72 valence electrons. The summed E-state index contributed by atoms with van der Waals surface area (Å²) in [5.74, 6) is 3.55. The first-order valence-corrected chi connectivity index (χ1v) is 3.75. The summed E-state index contributed by atoms with van der Waals surface area (Å²) in [7, 11) is 1.42. The van der Waals surface area contributed by atoms with Crippen LogP contribution in [0.4, 0.5) is 0 Å². The number of carboxylic acids is 1. The number of methoxy groups -OCH3 is 1. The SMILES string of the molecule is COc1cc(O)ccc1C#CC(=O)O. The van der Waals surface area contributed by atoms with Gasteiger partial charge in [-0.15, -0.1) is 0 Å². The van der Waals surface area contributed by atoms with E-state index in [9.17, 15) is 4.79 Å². The molecule has 4 nitrogen and oxygen atoms in total. The molecule has 14 heavy (non-hydrogen) atoms. The van der Waals surface area contributed by atoms with Crippen molar-refractivity contribution in [3.05, 3.63) is 23.8 Å². The van der Waals surface area contributed by atoms with Crippen LogP contribution in [0.3, 0.4) is 0 Å². The molecule has 0 amide bonds. The van der Waals surface area contributed by atoms with E-state index < -0.39 is 5.97 Å². The maximum absolute atomic E-state index is 10.2. The van der Waals surface area contributed by atoms with Gasteiger partial charge in [-0.2, -0.15) is 0 Å². The number of aromatic hydroxyl groups is 1. The van der Waals surface area contributed by atoms with Crippen molar-refractivity contribution in [3.63, 3.8) is 0 Å². The third kappa shape index (κ3) is 2.42. The van der Waals surface area contributed by atoms with Gasteiger partial charge in [-0.1, -0.05) is 5.92 Å². The molecule has 0 saturated heterocycles. The lowest BCUT2D eigenvalue weighted by Crippen LogP contribution is -1.90. The van der Waals surface area contributed by atoms with Crippen molar-refractivity contribution in [3.8, 4) is 23.3 Å². The number of carbonyl (C=O) groups is 1. The van der Waals surface area contributed by atoms with Crippen molar-refractivity contribution in [2.45, 2.75) is 0 Å². The van der Waals surface area contributed by atoms with E-state index in [0.717, 1.165) is 0 Å². The highest BCUT2D eigenvalue weighted by atomic mass is 16.5. The Morgan fingerprint density at radius 2 is 2.21 bits per heavy atom. The summed E-state index contributed by atoms with van der Waals surface area (Å²) in [6.07, 6.45) is 0. The molecule has 1 aromatic rings. The number of rotatable bonds is 1. The molecular weight excluding hydrogens is 184 g/mol. The lowest BCUT2D eigenvalue weighted by molar-refractivity contribution is -0.130. The molecule has 0 aliphatic heterocycles. The third-order valence-corrected chi connectivity index (χ3v) is 1.49. The molecule has 0 radical (unpaired) electrons. The van der Waals surface area contributed by atoms with Gasteiger partial charge in [0.1, 0.15) is 11.5 Å². The second-order valence-corrected chi connectivity index (χ2v) is 2.44. The van der Waals surface area contributed by atoms with E-state index in [0.29, 0.717) is 11.3 Å². The van der Waals surface area contributed by atoms with Crippen LogP contribution in [0.15, 0.2) is 18.2 Å². The first-order valence-electron chi connectivity index (χ1n) is 3.75. The Bertz CT molecular complexity index is 412. The third-order valence-electron chi connectivity index (χ3n) is 1.49. The normalized spacial score (nSPS) is 8.64. The number of benzene rings is 1. The van der Waals surface area contributed by atoms with Gasteiger partial charge in [0, 0.05) is 12.0 Å². The van der Waals surface area contributed by atoms with Gasteiger partial charge in [-0.05, 0) is 12.1 Å². The molecule has 2 N–H and O–H groups in total. The average Bonchev–Trinajstić information content (AvgIpc) is 2.15. The molecule has 1 aromatic carbocycles. The summed E-state index contributed by atoms with van der Waals surface area (Å²) in [5, 5.41) is 17.4. The number of phenols is 1. The quantitative estimate of drug-likeness (QED) is 0.647. The van der Waals surface area contributed by atoms with Gasteiger partial charge in [0.25, 0.3) is 0 Å².